The van der Waals surface area contributed by atoms with Gasteiger partial charge in [0.15, 0.2) is 0 Å². The molecule has 1 aromatic rings. The van der Waals surface area contributed by atoms with Crippen LogP contribution >= 0.6 is 0 Å². The Balaban J connectivity index is 2.27. The molecule has 0 radical (unpaired) electrons. The summed E-state index contributed by atoms with van der Waals surface area (Å²) in [4.78, 5) is 0.312. The lowest BCUT2D eigenvalue weighted by Crippen LogP contribution is -2.42. The number of sulfonamides is 1. The molecule has 0 aliphatic carbocycles. The van der Waals surface area contributed by atoms with Gasteiger partial charge in [0.1, 0.15) is 0 Å². The minimum atomic E-state index is -3.56. The monoisotopic (exact) mass is 312 g/mol. The van der Waals surface area contributed by atoms with Crippen molar-refractivity contribution < 1.29 is 13.5 Å². The van der Waals surface area contributed by atoms with Crippen LogP contribution in [0.25, 0.3) is 0 Å². The van der Waals surface area contributed by atoms with Crippen LogP contribution < -0.4 is 5.32 Å². The van der Waals surface area contributed by atoms with Crippen LogP contribution in [0.2, 0.25) is 0 Å². The average molecular weight is 312 g/mol. The number of rotatable bonds is 6. The molecular weight excluding hydrogens is 288 g/mol. The largest absolute Gasteiger partial charge is 0.395 e. The molecule has 1 atom stereocenters. The van der Waals surface area contributed by atoms with Gasteiger partial charge in [-0.15, -0.1) is 0 Å². The van der Waals surface area contributed by atoms with Crippen LogP contribution in [-0.2, 0) is 10.0 Å². The number of aliphatic hydroxyl groups excluding tert-OH is 1. The lowest BCUT2D eigenvalue weighted by molar-refractivity contribution is 0.246. The Hall–Kier alpha value is -0.950. The topological polar surface area (TPSA) is 69.6 Å². The van der Waals surface area contributed by atoms with Gasteiger partial charge in [-0.3, -0.25) is 0 Å². The summed E-state index contributed by atoms with van der Waals surface area (Å²) in [6.07, 6.45) is 2.05. The van der Waals surface area contributed by atoms with E-state index in [1.807, 2.05) is 19.9 Å². The molecule has 21 heavy (non-hydrogen) atoms. The van der Waals surface area contributed by atoms with Crippen molar-refractivity contribution in [3.05, 3.63) is 29.3 Å². The summed E-state index contributed by atoms with van der Waals surface area (Å²) in [5.41, 5.74) is 1.85. The molecule has 118 valence electrons. The van der Waals surface area contributed by atoms with Crippen LogP contribution in [0.4, 0.5) is 0 Å². The van der Waals surface area contributed by atoms with Crippen LogP contribution in [-0.4, -0.2) is 50.1 Å². The number of hydrogen-bond donors (Lipinski definition) is 2. The molecule has 1 fully saturated rings. The normalized spacial score (nSPS) is 19.3. The number of hydrogen-bond acceptors (Lipinski definition) is 4. The quantitative estimate of drug-likeness (QED) is 0.823. The second kappa shape index (κ2) is 6.87. The fraction of sp³-hybridized carbons (Fsp3) is 0.600. The highest BCUT2D eigenvalue weighted by molar-refractivity contribution is 7.89. The van der Waals surface area contributed by atoms with Crippen LogP contribution in [0.3, 0.4) is 0 Å². The Morgan fingerprint density at radius 3 is 2.48 bits per heavy atom. The highest BCUT2D eigenvalue weighted by Crippen LogP contribution is 2.20. The third kappa shape index (κ3) is 4.03. The molecule has 1 heterocycles. The van der Waals surface area contributed by atoms with Gasteiger partial charge in [0.05, 0.1) is 11.5 Å². The lowest BCUT2D eigenvalue weighted by Gasteiger charge is -2.25. The fourth-order valence-electron chi connectivity index (χ4n) is 2.81. The summed E-state index contributed by atoms with van der Waals surface area (Å²) in [6.45, 7) is 5.09. The smallest absolute Gasteiger partial charge is 0.243 e. The number of benzene rings is 1. The third-order valence-electron chi connectivity index (χ3n) is 3.77. The average Bonchev–Trinajstić information content (AvgIpc) is 2.90. The van der Waals surface area contributed by atoms with Gasteiger partial charge in [-0.05, 0) is 56.5 Å². The lowest BCUT2D eigenvalue weighted by atomic mass is 10.2. The molecule has 0 amide bonds. The van der Waals surface area contributed by atoms with Gasteiger partial charge in [0, 0.05) is 19.1 Å². The van der Waals surface area contributed by atoms with E-state index in [-0.39, 0.29) is 19.2 Å². The molecule has 1 aliphatic rings. The summed E-state index contributed by atoms with van der Waals surface area (Å²) >= 11 is 0. The molecule has 1 saturated heterocycles. The van der Waals surface area contributed by atoms with E-state index in [2.05, 4.69) is 5.32 Å². The maximum absolute atomic E-state index is 12.8. The molecule has 0 spiro atoms. The number of nitrogens with zero attached hydrogens (tertiary/aromatic N) is 1. The zero-order valence-electron chi connectivity index (χ0n) is 12.7. The van der Waals surface area contributed by atoms with Crippen molar-refractivity contribution in [3.63, 3.8) is 0 Å². The molecule has 1 aromatic carbocycles. The molecule has 1 unspecified atom stereocenters. The molecule has 0 bridgehead atoms. The summed E-state index contributed by atoms with van der Waals surface area (Å²) in [5.74, 6) is 0. The van der Waals surface area contributed by atoms with Gasteiger partial charge in [-0.1, -0.05) is 6.07 Å². The van der Waals surface area contributed by atoms with E-state index in [0.29, 0.717) is 11.4 Å². The van der Waals surface area contributed by atoms with Crippen LogP contribution in [0.5, 0.6) is 0 Å². The van der Waals surface area contributed by atoms with Gasteiger partial charge >= 0.3 is 0 Å². The van der Waals surface area contributed by atoms with Gasteiger partial charge in [0.25, 0.3) is 0 Å². The van der Waals surface area contributed by atoms with Crippen LogP contribution in [0.15, 0.2) is 23.1 Å². The first-order valence-electron chi connectivity index (χ1n) is 7.36. The van der Waals surface area contributed by atoms with Crippen molar-refractivity contribution >= 4 is 10.0 Å². The van der Waals surface area contributed by atoms with Gasteiger partial charge in [0.2, 0.25) is 10.0 Å². The first-order valence-corrected chi connectivity index (χ1v) is 8.80. The van der Waals surface area contributed by atoms with Gasteiger partial charge in [-0.2, -0.15) is 4.31 Å². The molecular formula is C15H24N2O3S. The Morgan fingerprint density at radius 2 is 1.95 bits per heavy atom. The van der Waals surface area contributed by atoms with Crippen molar-refractivity contribution in [2.75, 3.05) is 26.2 Å². The Bertz CT molecular complexity index is 560. The van der Waals surface area contributed by atoms with Crippen LogP contribution in [0, 0.1) is 13.8 Å². The zero-order chi connectivity index (χ0) is 15.5. The standard InChI is InChI=1S/C15H24N2O3S/c1-12-8-13(2)10-15(9-12)21(19,20)17(6-7-18)11-14-4-3-5-16-14/h8-10,14,16,18H,3-7,11H2,1-2H3. The minimum absolute atomic E-state index is 0.132. The maximum atomic E-state index is 12.8. The maximum Gasteiger partial charge on any atom is 0.243 e. The van der Waals surface area contributed by atoms with E-state index in [1.165, 1.54) is 4.31 Å². The Kier molecular flexibility index (Phi) is 5.37. The summed E-state index contributed by atoms with van der Waals surface area (Å²) in [5, 5.41) is 12.5. The van der Waals surface area contributed by atoms with Crippen molar-refractivity contribution in [2.45, 2.75) is 37.6 Å². The van der Waals surface area contributed by atoms with E-state index in [9.17, 15) is 13.5 Å². The Labute approximate surface area is 127 Å². The molecule has 0 aromatic heterocycles. The second-order valence-electron chi connectivity index (χ2n) is 5.70. The first kappa shape index (κ1) is 16.4. The SMILES string of the molecule is Cc1cc(C)cc(S(=O)(=O)N(CCO)CC2CCCN2)c1. The van der Waals surface area contributed by atoms with E-state index < -0.39 is 10.0 Å². The van der Waals surface area contributed by atoms with Crippen molar-refractivity contribution in [3.8, 4) is 0 Å². The van der Waals surface area contributed by atoms with Crippen molar-refractivity contribution in [1.82, 2.24) is 9.62 Å². The van der Waals surface area contributed by atoms with E-state index >= 15 is 0 Å². The van der Waals surface area contributed by atoms with Crippen molar-refractivity contribution in [2.24, 2.45) is 0 Å². The minimum Gasteiger partial charge on any atom is -0.395 e. The molecule has 0 saturated carbocycles. The Morgan fingerprint density at radius 1 is 1.29 bits per heavy atom. The summed E-state index contributed by atoms with van der Waals surface area (Å²) in [7, 11) is -3.56. The number of aliphatic hydroxyl groups is 1. The van der Waals surface area contributed by atoms with E-state index in [1.54, 1.807) is 12.1 Å². The summed E-state index contributed by atoms with van der Waals surface area (Å²) in [6, 6.07) is 5.51. The fourth-order valence-corrected chi connectivity index (χ4v) is 4.48. The summed E-state index contributed by atoms with van der Waals surface area (Å²) < 4.78 is 27.0. The zero-order valence-corrected chi connectivity index (χ0v) is 13.5. The van der Waals surface area contributed by atoms with Gasteiger partial charge in [-0.25, -0.2) is 8.42 Å². The third-order valence-corrected chi connectivity index (χ3v) is 5.61. The molecule has 5 nitrogen and oxygen atoms in total. The highest BCUT2D eigenvalue weighted by Gasteiger charge is 2.28. The first-order chi connectivity index (χ1) is 9.93. The number of nitrogens with one attached hydrogen (secondary N) is 1. The van der Waals surface area contributed by atoms with Gasteiger partial charge < -0.3 is 10.4 Å². The second-order valence-corrected chi connectivity index (χ2v) is 7.64. The molecule has 6 heteroatoms. The van der Waals surface area contributed by atoms with Crippen LogP contribution in [0.1, 0.15) is 24.0 Å². The number of aryl methyl sites for hydroxylation is 2. The highest BCUT2D eigenvalue weighted by atomic mass is 32.2. The van der Waals surface area contributed by atoms with E-state index in [0.717, 1.165) is 30.5 Å². The molecule has 2 rings (SSSR count). The predicted octanol–water partition coefficient (Wildman–Crippen LogP) is 1.04. The van der Waals surface area contributed by atoms with E-state index in [4.69, 9.17) is 0 Å². The van der Waals surface area contributed by atoms with Crippen molar-refractivity contribution in [1.29, 1.82) is 0 Å². The molecule has 1 aliphatic heterocycles. The molecule has 2 N–H and O–H groups in total. The predicted molar refractivity (Wildman–Crippen MR) is 82.8 cm³/mol.